The number of hydrogen-bond donors (Lipinski definition) is 2. The first kappa shape index (κ1) is 17.1. The van der Waals surface area contributed by atoms with Gasteiger partial charge in [-0.3, -0.25) is 9.59 Å². The molecule has 0 saturated carbocycles. The molecule has 0 saturated heterocycles. The van der Waals surface area contributed by atoms with Gasteiger partial charge in [0.05, 0.1) is 5.92 Å². The van der Waals surface area contributed by atoms with Gasteiger partial charge >= 0.3 is 5.97 Å². The van der Waals surface area contributed by atoms with Crippen molar-refractivity contribution in [1.82, 2.24) is 15.5 Å². The molecule has 0 spiro atoms. The van der Waals surface area contributed by atoms with Gasteiger partial charge < -0.3 is 14.9 Å². The summed E-state index contributed by atoms with van der Waals surface area (Å²) >= 11 is 0. The molecule has 0 aliphatic heterocycles. The Hall–Kier alpha value is -1.92. The van der Waals surface area contributed by atoms with Gasteiger partial charge in [0.25, 0.3) is 0 Å². The van der Waals surface area contributed by atoms with Crippen LogP contribution >= 0.6 is 0 Å². The number of rotatable bonds is 9. The molecule has 0 fully saturated rings. The van der Waals surface area contributed by atoms with Crippen molar-refractivity contribution in [2.24, 2.45) is 5.92 Å². The zero-order chi connectivity index (χ0) is 15.8. The van der Waals surface area contributed by atoms with Gasteiger partial charge in [0.1, 0.15) is 0 Å². The maximum Gasteiger partial charge on any atom is 0.308 e. The number of carbonyl (C=O) groups is 2. The highest BCUT2D eigenvalue weighted by Gasteiger charge is 2.20. The van der Waals surface area contributed by atoms with E-state index in [2.05, 4.69) is 15.5 Å². The number of nitrogens with one attached hydrogen (secondary N) is 1. The van der Waals surface area contributed by atoms with E-state index in [0.29, 0.717) is 31.0 Å². The van der Waals surface area contributed by atoms with E-state index in [1.807, 2.05) is 6.92 Å². The molecular weight excluding hydrogens is 274 g/mol. The van der Waals surface area contributed by atoms with Crippen LogP contribution in [0.15, 0.2) is 4.52 Å². The first-order valence-corrected chi connectivity index (χ1v) is 7.27. The fourth-order valence-electron chi connectivity index (χ4n) is 1.78. The highest BCUT2D eigenvalue weighted by Crippen LogP contribution is 2.06. The van der Waals surface area contributed by atoms with E-state index >= 15 is 0 Å². The number of nitrogens with zero attached hydrogens (tertiary/aromatic N) is 2. The Morgan fingerprint density at radius 1 is 1.33 bits per heavy atom. The molecule has 0 radical (unpaired) electrons. The first-order valence-electron chi connectivity index (χ1n) is 7.27. The number of amides is 1. The molecule has 7 nitrogen and oxygen atoms in total. The smallest absolute Gasteiger partial charge is 0.308 e. The number of aliphatic carboxylic acids is 1. The predicted octanol–water partition coefficient (Wildman–Crippen LogP) is 1.57. The van der Waals surface area contributed by atoms with E-state index in [9.17, 15) is 9.59 Å². The zero-order valence-corrected chi connectivity index (χ0v) is 12.8. The van der Waals surface area contributed by atoms with Crippen LogP contribution in [0, 0.1) is 5.92 Å². The fraction of sp³-hybridized carbons (Fsp3) is 0.714. The predicted molar refractivity (Wildman–Crippen MR) is 75.6 cm³/mol. The van der Waals surface area contributed by atoms with Gasteiger partial charge in [-0.15, -0.1) is 0 Å². The second-order valence-electron chi connectivity index (χ2n) is 5.19. The number of carboxylic acids is 1. The third kappa shape index (κ3) is 5.93. The summed E-state index contributed by atoms with van der Waals surface area (Å²) in [6, 6.07) is -0.394. The summed E-state index contributed by atoms with van der Waals surface area (Å²) in [6.45, 7) is 5.30. The second-order valence-corrected chi connectivity index (χ2v) is 5.19. The van der Waals surface area contributed by atoms with Gasteiger partial charge in [0.15, 0.2) is 5.82 Å². The van der Waals surface area contributed by atoms with E-state index < -0.39 is 17.9 Å². The van der Waals surface area contributed by atoms with E-state index in [0.717, 1.165) is 12.8 Å². The molecule has 1 amide bonds. The minimum absolute atomic E-state index is 0.163. The lowest BCUT2D eigenvalue weighted by Crippen LogP contribution is -2.39. The number of carbonyl (C=O) groups excluding carboxylic acids is 1. The molecule has 2 N–H and O–H groups in total. The van der Waals surface area contributed by atoms with Crippen LogP contribution in [0.3, 0.4) is 0 Å². The van der Waals surface area contributed by atoms with Gasteiger partial charge in [-0.05, 0) is 26.7 Å². The van der Waals surface area contributed by atoms with Crippen LogP contribution in [-0.4, -0.2) is 33.2 Å². The molecule has 21 heavy (non-hydrogen) atoms. The third-order valence-corrected chi connectivity index (χ3v) is 3.31. The van der Waals surface area contributed by atoms with Crippen LogP contribution in [0.25, 0.3) is 0 Å². The highest BCUT2D eigenvalue weighted by atomic mass is 16.5. The van der Waals surface area contributed by atoms with Gasteiger partial charge in [-0.1, -0.05) is 12.1 Å². The summed E-state index contributed by atoms with van der Waals surface area (Å²) in [5.74, 6) is -0.457. The quantitative estimate of drug-likeness (QED) is 0.716. The average Bonchev–Trinajstić information content (AvgIpc) is 2.85. The maximum absolute atomic E-state index is 11.7. The monoisotopic (exact) mass is 297 g/mol. The van der Waals surface area contributed by atoms with E-state index in [-0.39, 0.29) is 5.91 Å². The minimum atomic E-state index is -0.919. The van der Waals surface area contributed by atoms with Crippen LogP contribution in [0.2, 0.25) is 0 Å². The van der Waals surface area contributed by atoms with Gasteiger partial charge in [-0.2, -0.15) is 4.98 Å². The van der Waals surface area contributed by atoms with Gasteiger partial charge in [-0.25, -0.2) is 0 Å². The lowest BCUT2D eigenvalue weighted by atomic mass is 10.0. The molecule has 7 heteroatoms. The Kier molecular flexibility index (Phi) is 6.84. The molecule has 1 aromatic heterocycles. The van der Waals surface area contributed by atoms with Crippen molar-refractivity contribution in [3.8, 4) is 0 Å². The van der Waals surface area contributed by atoms with E-state index in [1.54, 1.807) is 13.8 Å². The summed E-state index contributed by atoms with van der Waals surface area (Å²) in [7, 11) is 0. The molecule has 2 unspecified atom stereocenters. The van der Waals surface area contributed by atoms with Crippen molar-refractivity contribution in [2.75, 3.05) is 0 Å². The second kappa shape index (κ2) is 8.39. The zero-order valence-electron chi connectivity index (χ0n) is 12.8. The van der Waals surface area contributed by atoms with Crippen LogP contribution in [0.5, 0.6) is 0 Å². The van der Waals surface area contributed by atoms with Crippen LogP contribution < -0.4 is 5.32 Å². The average molecular weight is 297 g/mol. The summed E-state index contributed by atoms with van der Waals surface area (Å²) < 4.78 is 5.08. The van der Waals surface area contributed by atoms with Crippen molar-refractivity contribution >= 4 is 11.9 Å². The van der Waals surface area contributed by atoms with Gasteiger partial charge in [0, 0.05) is 25.3 Å². The SMILES string of the molecule is CCCc1noc(CCCC(=O)NC(C)C(C)C(=O)O)n1. The summed E-state index contributed by atoms with van der Waals surface area (Å²) in [5.41, 5.74) is 0. The fourth-order valence-corrected chi connectivity index (χ4v) is 1.78. The molecule has 0 bridgehead atoms. The molecule has 0 aliphatic rings. The number of aromatic nitrogens is 2. The van der Waals surface area contributed by atoms with Crippen molar-refractivity contribution in [2.45, 2.75) is 58.9 Å². The Morgan fingerprint density at radius 3 is 2.67 bits per heavy atom. The number of hydrogen-bond acceptors (Lipinski definition) is 5. The molecular formula is C14H23N3O4. The van der Waals surface area contributed by atoms with E-state index in [4.69, 9.17) is 9.63 Å². The molecule has 0 aromatic carbocycles. The summed E-state index contributed by atoms with van der Waals surface area (Å²) in [4.78, 5) is 26.7. The molecule has 1 heterocycles. The maximum atomic E-state index is 11.7. The largest absolute Gasteiger partial charge is 0.481 e. The van der Waals surface area contributed by atoms with Gasteiger partial charge in [0.2, 0.25) is 11.8 Å². The highest BCUT2D eigenvalue weighted by molar-refractivity contribution is 5.77. The summed E-state index contributed by atoms with van der Waals surface area (Å²) in [5, 5.41) is 15.4. The third-order valence-electron chi connectivity index (χ3n) is 3.31. The van der Waals surface area contributed by atoms with E-state index in [1.165, 1.54) is 0 Å². The van der Waals surface area contributed by atoms with Crippen molar-refractivity contribution < 1.29 is 19.2 Å². The lowest BCUT2D eigenvalue weighted by Gasteiger charge is -2.17. The number of aryl methyl sites for hydroxylation is 2. The Morgan fingerprint density at radius 2 is 2.05 bits per heavy atom. The Balaban J connectivity index is 2.28. The first-order chi connectivity index (χ1) is 9.93. The molecule has 118 valence electrons. The Bertz CT molecular complexity index is 473. The molecule has 1 rings (SSSR count). The van der Waals surface area contributed by atoms with Crippen molar-refractivity contribution in [3.05, 3.63) is 11.7 Å². The normalized spacial score (nSPS) is 13.7. The molecule has 1 aromatic rings. The molecule has 0 aliphatic carbocycles. The standard InChI is InChI=1S/C14H23N3O4/c1-4-6-11-16-13(21-17-11)8-5-7-12(18)15-10(3)9(2)14(19)20/h9-10H,4-8H2,1-3H3,(H,15,18)(H,19,20). The van der Waals surface area contributed by atoms with Crippen LogP contribution in [0.1, 0.15) is 51.7 Å². The topological polar surface area (TPSA) is 105 Å². The Labute approximate surface area is 124 Å². The molecule has 2 atom stereocenters. The van der Waals surface area contributed by atoms with Crippen LogP contribution in [0.4, 0.5) is 0 Å². The lowest BCUT2D eigenvalue weighted by molar-refractivity contribution is -0.142. The number of carboxylic acid groups (broad SMARTS) is 1. The van der Waals surface area contributed by atoms with Crippen molar-refractivity contribution in [1.29, 1.82) is 0 Å². The summed E-state index contributed by atoms with van der Waals surface area (Å²) in [6.07, 6.45) is 3.19. The van der Waals surface area contributed by atoms with Crippen LogP contribution in [-0.2, 0) is 22.4 Å². The minimum Gasteiger partial charge on any atom is -0.481 e. The van der Waals surface area contributed by atoms with Crippen molar-refractivity contribution in [3.63, 3.8) is 0 Å².